The average molecular weight is 535 g/mol. The summed E-state index contributed by atoms with van der Waals surface area (Å²) in [7, 11) is 0. The molecule has 1 fully saturated rings. The van der Waals surface area contributed by atoms with Crippen molar-refractivity contribution in [3.63, 3.8) is 0 Å². The van der Waals surface area contributed by atoms with Gasteiger partial charge in [-0.1, -0.05) is 0 Å². The van der Waals surface area contributed by atoms with Crippen LogP contribution in [0.4, 0.5) is 18.9 Å². The summed E-state index contributed by atoms with van der Waals surface area (Å²) in [6, 6.07) is 4.09. The summed E-state index contributed by atoms with van der Waals surface area (Å²) in [5.74, 6) is -1.13. The van der Waals surface area contributed by atoms with E-state index in [1.165, 1.54) is 0 Å². The molecule has 2 aromatic rings. The first-order valence-corrected chi connectivity index (χ1v) is 9.48. The molecule has 1 aliphatic rings. The van der Waals surface area contributed by atoms with Crippen molar-refractivity contribution in [2.45, 2.75) is 37.9 Å². The van der Waals surface area contributed by atoms with E-state index in [9.17, 15) is 13.2 Å². The molecule has 3 rings (SSSR count). The Kier molecular flexibility index (Phi) is 6.47. The Morgan fingerprint density at radius 1 is 1.29 bits per heavy atom. The molecule has 0 bridgehead atoms. The Morgan fingerprint density at radius 3 is 2.50 bits per heavy atom. The molecule has 24 heavy (non-hydrogen) atoms. The number of carbonyl (C=O) groups excluding carboxylic acids is 1. The van der Waals surface area contributed by atoms with Crippen LogP contribution in [0.2, 0.25) is 0 Å². The number of nitrogens with one attached hydrogen (secondary N) is 2. The molecule has 2 heterocycles. The zero-order valence-corrected chi connectivity index (χ0v) is 16.7. The van der Waals surface area contributed by atoms with E-state index < -0.39 is 12.1 Å². The summed E-state index contributed by atoms with van der Waals surface area (Å²) < 4.78 is 39.1. The number of fused-ring (bicyclic) bond motifs is 1. The van der Waals surface area contributed by atoms with Gasteiger partial charge in [-0.2, -0.15) is 0 Å². The summed E-state index contributed by atoms with van der Waals surface area (Å²) in [6.45, 7) is 0. The molecule has 0 atom stereocenters. The van der Waals surface area contributed by atoms with Crippen molar-refractivity contribution in [3.8, 4) is 0 Å². The molecule has 0 aliphatic heterocycles. The van der Waals surface area contributed by atoms with E-state index in [0.717, 1.165) is 45.7 Å². The van der Waals surface area contributed by atoms with Gasteiger partial charge in [0.05, 0.1) is 0 Å². The van der Waals surface area contributed by atoms with E-state index in [2.05, 4.69) is 21.0 Å². The topological polar surface area (TPSA) is 83.8 Å². The van der Waals surface area contributed by atoms with Crippen molar-refractivity contribution in [1.82, 2.24) is 9.97 Å². The van der Waals surface area contributed by atoms with Crippen LogP contribution in [0.3, 0.4) is 0 Å². The number of H-pyrrole nitrogens is 1. The SMILES string of the molecule is FC(F)(F)C1CCC(Nc2c[nH]c3cc[c]([Pb])nc23)CC1.NC=O. The van der Waals surface area contributed by atoms with Crippen molar-refractivity contribution in [1.29, 1.82) is 0 Å². The molecule has 0 aromatic carbocycles. The Morgan fingerprint density at radius 2 is 1.92 bits per heavy atom. The Bertz CT molecular complexity index is 681. The van der Waals surface area contributed by atoms with Gasteiger partial charge in [-0.3, -0.25) is 4.79 Å². The fraction of sp³-hybridized carbons (Fsp3) is 0.467. The summed E-state index contributed by atoms with van der Waals surface area (Å²) in [5, 5.41) is 3.36. The van der Waals surface area contributed by atoms with Crippen LogP contribution in [0.25, 0.3) is 11.0 Å². The van der Waals surface area contributed by atoms with Gasteiger partial charge in [0.15, 0.2) is 0 Å². The molecule has 5 nitrogen and oxygen atoms in total. The monoisotopic (exact) mass is 535 g/mol. The third kappa shape index (κ3) is 4.84. The van der Waals surface area contributed by atoms with Gasteiger partial charge >= 0.3 is 136 Å². The Hall–Kier alpha value is -1.33. The summed E-state index contributed by atoms with van der Waals surface area (Å²) in [4.78, 5) is 16.3. The minimum Gasteiger partial charge on any atom is -0.372 e. The number of aromatic amines is 1. The zero-order chi connectivity index (χ0) is 17.7. The first kappa shape index (κ1) is 19.0. The summed E-state index contributed by atoms with van der Waals surface area (Å²) in [6.07, 6.45) is -0.413. The van der Waals surface area contributed by atoms with E-state index in [-0.39, 0.29) is 25.3 Å². The van der Waals surface area contributed by atoms with Gasteiger partial charge in [0, 0.05) is 0 Å². The number of carbonyl (C=O) groups is 1. The predicted molar refractivity (Wildman–Crippen MR) is 87.2 cm³/mol. The molecule has 0 unspecified atom stereocenters. The molecule has 0 spiro atoms. The van der Waals surface area contributed by atoms with Crippen LogP contribution in [0.1, 0.15) is 25.7 Å². The summed E-state index contributed by atoms with van der Waals surface area (Å²) >= 11 is 0.879. The van der Waals surface area contributed by atoms with Crippen molar-refractivity contribution in [2.24, 2.45) is 11.7 Å². The maximum Gasteiger partial charge on any atom is 0.204 e. The number of hydrogen-bond donors (Lipinski definition) is 3. The number of aromatic nitrogens is 2. The number of halogens is 3. The molecule has 4 N–H and O–H groups in total. The first-order chi connectivity index (χ1) is 11.3. The van der Waals surface area contributed by atoms with Crippen LogP contribution in [0, 0.1) is 5.92 Å². The van der Waals surface area contributed by atoms with Gasteiger partial charge in [0.1, 0.15) is 0 Å². The largest absolute Gasteiger partial charge is 0.372 e. The molecule has 0 saturated heterocycles. The minimum atomic E-state index is -4.05. The fourth-order valence-electron chi connectivity index (χ4n) is 2.89. The number of rotatable bonds is 2. The standard InChI is InChI=1S/C14H15F3N3.CH3NO.Pb/c15-14(16,17)9-3-5-10(6-4-9)20-12-8-19-11-2-1-7-18-13(11)12;2-1-3;/h1-2,8-10,19-20H,3-6H2;1H,(H2,2,3);. The fourth-order valence-corrected chi connectivity index (χ4v) is 3.65. The van der Waals surface area contributed by atoms with E-state index >= 15 is 0 Å². The molecular formula is C15H18F3N4OPb. The average Bonchev–Trinajstić information content (AvgIpc) is 2.90. The first-order valence-electron chi connectivity index (χ1n) is 7.53. The number of hydrogen-bond acceptors (Lipinski definition) is 3. The molecule has 3 radical (unpaired) electrons. The molecule has 1 amide bonds. The molecule has 1 aliphatic carbocycles. The van der Waals surface area contributed by atoms with Crippen molar-refractivity contribution in [2.75, 3.05) is 5.32 Å². The number of primary amides is 1. The van der Waals surface area contributed by atoms with Crippen molar-refractivity contribution < 1.29 is 18.0 Å². The third-order valence-electron chi connectivity index (χ3n) is 4.07. The van der Waals surface area contributed by atoms with Gasteiger partial charge in [0.25, 0.3) is 0 Å². The smallest absolute Gasteiger partial charge is 0.204 e. The van der Waals surface area contributed by atoms with Crippen LogP contribution >= 0.6 is 0 Å². The van der Waals surface area contributed by atoms with Gasteiger partial charge in [-0.25, -0.2) is 0 Å². The van der Waals surface area contributed by atoms with Crippen LogP contribution in [-0.2, 0) is 4.79 Å². The summed E-state index contributed by atoms with van der Waals surface area (Å²) in [5.41, 5.74) is 6.92. The van der Waals surface area contributed by atoms with Gasteiger partial charge in [-0.15, -0.1) is 0 Å². The number of pyridine rings is 1. The Balaban J connectivity index is 0.000000647. The maximum atomic E-state index is 12.7. The van der Waals surface area contributed by atoms with Gasteiger partial charge in [0.2, 0.25) is 6.41 Å². The number of amides is 1. The van der Waals surface area contributed by atoms with Crippen LogP contribution in [0.15, 0.2) is 18.3 Å². The van der Waals surface area contributed by atoms with E-state index in [1.807, 2.05) is 18.3 Å². The van der Waals surface area contributed by atoms with E-state index in [0.29, 0.717) is 12.8 Å². The second-order valence-corrected chi connectivity index (χ2v) is 7.66. The quantitative estimate of drug-likeness (QED) is 0.407. The Labute approximate surface area is 153 Å². The van der Waals surface area contributed by atoms with Gasteiger partial charge in [-0.05, 0) is 0 Å². The molecule has 9 heteroatoms. The van der Waals surface area contributed by atoms with Crippen LogP contribution in [-0.4, -0.2) is 54.4 Å². The number of alkyl halides is 3. The van der Waals surface area contributed by atoms with Crippen molar-refractivity contribution >= 4 is 52.2 Å². The van der Waals surface area contributed by atoms with Crippen LogP contribution in [0.5, 0.6) is 0 Å². The second kappa shape index (κ2) is 8.17. The third-order valence-corrected chi connectivity index (χ3v) is 5.15. The number of nitrogens with two attached hydrogens (primary N) is 1. The van der Waals surface area contributed by atoms with E-state index in [1.54, 1.807) is 0 Å². The van der Waals surface area contributed by atoms with Crippen LogP contribution < -0.4 is 14.3 Å². The second-order valence-electron chi connectivity index (χ2n) is 5.67. The van der Waals surface area contributed by atoms with Gasteiger partial charge < -0.3 is 5.73 Å². The van der Waals surface area contributed by atoms with E-state index in [4.69, 9.17) is 4.79 Å². The van der Waals surface area contributed by atoms with Crippen molar-refractivity contribution in [3.05, 3.63) is 18.3 Å². The zero-order valence-electron chi connectivity index (χ0n) is 12.9. The minimum absolute atomic E-state index is 0.0992. The molecule has 1 saturated carbocycles. The maximum absolute atomic E-state index is 12.7. The normalized spacial score (nSPS) is 21.0. The molecule has 129 valence electrons. The predicted octanol–water partition coefficient (Wildman–Crippen LogP) is 1.99. The molecular weight excluding hydrogens is 516 g/mol. The molecule has 2 aromatic heterocycles. The number of anilines is 1. The number of nitrogens with zero attached hydrogens (tertiary/aromatic N) is 1.